The maximum atomic E-state index is 11.7. The van der Waals surface area contributed by atoms with Gasteiger partial charge in [-0.3, -0.25) is 0 Å². The molecular formula is C13H27NO3S. The molecule has 1 N–H and O–H groups in total. The highest BCUT2D eigenvalue weighted by Crippen LogP contribution is 2.26. The van der Waals surface area contributed by atoms with Gasteiger partial charge in [0.05, 0.1) is 5.75 Å². The van der Waals surface area contributed by atoms with Gasteiger partial charge in [0, 0.05) is 24.9 Å². The van der Waals surface area contributed by atoms with Crippen LogP contribution in [-0.4, -0.2) is 56.2 Å². The molecular weight excluding hydrogens is 250 g/mol. The molecule has 0 heterocycles. The predicted molar refractivity (Wildman–Crippen MR) is 74.4 cm³/mol. The minimum absolute atomic E-state index is 0.275. The summed E-state index contributed by atoms with van der Waals surface area (Å²) in [6.07, 6.45) is 4.99. The Morgan fingerprint density at radius 3 is 2.28 bits per heavy atom. The lowest BCUT2D eigenvalue weighted by Crippen LogP contribution is -2.38. The molecule has 0 bridgehead atoms. The summed E-state index contributed by atoms with van der Waals surface area (Å²) in [7, 11) is -0.843. The van der Waals surface area contributed by atoms with E-state index >= 15 is 0 Å². The Morgan fingerprint density at radius 2 is 1.78 bits per heavy atom. The number of hydrogen-bond donors (Lipinski definition) is 1. The van der Waals surface area contributed by atoms with E-state index in [1.165, 1.54) is 0 Å². The Hall–Kier alpha value is -0.130. The van der Waals surface area contributed by atoms with Crippen molar-refractivity contribution in [3.8, 4) is 0 Å². The van der Waals surface area contributed by atoms with Gasteiger partial charge in [0.15, 0.2) is 9.84 Å². The van der Waals surface area contributed by atoms with E-state index in [2.05, 4.69) is 4.90 Å². The first-order chi connectivity index (χ1) is 8.48. The van der Waals surface area contributed by atoms with Gasteiger partial charge in [-0.15, -0.1) is 0 Å². The highest BCUT2D eigenvalue weighted by atomic mass is 32.2. The van der Waals surface area contributed by atoms with E-state index in [0.29, 0.717) is 37.3 Å². The molecule has 0 aromatic heterocycles. The Bertz CT molecular complexity index is 321. The molecule has 1 aliphatic carbocycles. The van der Waals surface area contributed by atoms with Crippen LogP contribution in [0, 0.1) is 5.92 Å². The third kappa shape index (κ3) is 5.24. The second-order valence-electron chi connectivity index (χ2n) is 5.49. The van der Waals surface area contributed by atoms with E-state index in [-0.39, 0.29) is 5.75 Å². The second-order valence-corrected chi connectivity index (χ2v) is 7.79. The molecule has 0 spiro atoms. The predicted octanol–water partition coefficient (Wildman–Crippen LogP) is 1.29. The van der Waals surface area contributed by atoms with E-state index in [4.69, 9.17) is 5.11 Å². The zero-order valence-electron chi connectivity index (χ0n) is 11.6. The molecule has 0 saturated heterocycles. The summed E-state index contributed by atoms with van der Waals surface area (Å²) in [6.45, 7) is 2.83. The van der Waals surface area contributed by atoms with Gasteiger partial charge in [-0.2, -0.15) is 0 Å². The molecule has 4 nitrogen and oxygen atoms in total. The average Bonchev–Trinajstić information content (AvgIpc) is 2.36. The van der Waals surface area contributed by atoms with Gasteiger partial charge in [0.25, 0.3) is 0 Å². The van der Waals surface area contributed by atoms with Gasteiger partial charge in [0.1, 0.15) is 0 Å². The number of sulfone groups is 1. The molecule has 0 aliphatic heterocycles. The van der Waals surface area contributed by atoms with Crippen LogP contribution in [0.25, 0.3) is 0 Å². The van der Waals surface area contributed by atoms with Crippen LogP contribution in [-0.2, 0) is 9.84 Å². The first kappa shape index (κ1) is 15.9. The molecule has 0 aromatic carbocycles. The molecule has 1 saturated carbocycles. The monoisotopic (exact) mass is 277 g/mol. The Labute approximate surface area is 111 Å². The van der Waals surface area contributed by atoms with Crippen LogP contribution < -0.4 is 0 Å². The van der Waals surface area contributed by atoms with Crippen molar-refractivity contribution in [2.24, 2.45) is 5.92 Å². The minimum Gasteiger partial charge on any atom is -0.396 e. The van der Waals surface area contributed by atoms with Crippen LogP contribution >= 0.6 is 0 Å². The second kappa shape index (κ2) is 7.46. The number of aliphatic hydroxyl groups excluding tert-OH is 1. The number of rotatable bonds is 7. The quantitative estimate of drug-likeness (QED) is 0.762. The van der Waals surface area contributed by atoms with Crippen LogP contribution in [0.2, 0.25) is 0 Å². The number of aliphatic hydroxyl groups is 1. The molecule has 0 aromatic rings. The fourth-order valence-electron chi connectivity index (χ4n) is 2.65. The summed E-state index contributed by atoms with van der Waals surface area (Å²) in [6, 6.07) is 0.490. The molecule has 0 amide bonds. The number of hydrogen-bond acceptors (Lipinski definition) is 4. The van der Waals surface area contributed by atoms with E-state index in [0.717, 1.165) is 25.7 Å². The SMILES string of the molecule is CCCS(=O)(=O)CCN(C)C1CCC(CO)CC1. The summed E-state index contributed by atoms with van der Waals surface area (Å²) in [5.41, 5.74) is 0. The molecule has 1 fully saturated rings. The van der Waals surface area contributed by atoms with Crippen LogP contribution in [0.5, 0.6) is 0 Å². The zero-order valence-corrected chi connectivity index (χ0v) is 12.5. The van der Waals surface area contributed by atoms with Crippen molar-refractivity contribution in [1.29, 1.82) is 0 Å². The Kier molecular flexibility index (Phi) is 6.60. The summed E-state index contributed by atoms with van der Waals surface area (Å²) >= 11 is 0. The molecule has 1 rings (SSSR count). The van der Waals surface area contributed by atoms with E-state index in [9.17, 15) is 8.42 Å². The van der Waals surface area contributed by atoms with Crippen molar-refractivity contribution in [3.63, 3.8) is 0 Å². The van der Waals surface area contributed by atoms with E-state index in [1.807, 2.05) is 14.0 Å². The topological polar surface area (TPSA) is 57.6 Å². The summed E-state index contributed by atoms with van der Waals surface area (Å²) in [4.78, 5) is 2.18. The highest BCUT2D eigenvalue weighted by molar-refractivity contribution is 7.91. The fourth-order valence-corrected chi connectivity index (χ4v) is 4.04. The lowest BCUT2D eigenvalue weighted by atomic mass is 9.86. The largest absolute Gasteiger partial charge is 0.396 e. The van der Waals surface area contributed by atoms with Crippen LogP contribution in [0.3, 0.4) is 0 Å². The third-order valence-electron chi connectivity index (χ3n) is 3.97. The molecule has 0 radical (unpaired) electrons. The first-order valence-electron chi connectivity index (χ1n) is 7.00. The van der Waals surface area contributed by atoms with Crippen LogP contribution in [0.1, 0.15) is 39.0 Å². The van der Waals surface area contributed by atoms with Gasteiger partial charge in [0.2, 0.25) is 0 Å². The van der Waals surface area contributed by atoms with Crippen molar-refractivity contribution >= 4 is 9.84 Å². The summed E-state index contributed by atoms with van der Waals surface area (Å²) < 4.78 is 23.3. The molecule has 5 heteroatoms. The van der Waals surface area contributed by atoms with Crippen molar-refractivity contribution < 1.29 is 13.5 Å². The lowest BCUT2D eigenvalue weighted by molar-refractivity contribution is 0.131. The molecule has 0 atom stereocenters. The highest BCUT2D eigenvalue weighted by Gasteiger charge is 2.24. The minimum atomic E-state index is -2.86. The van der Waals surface area contributed by atoms with Crippen LogP contribution in [0.4, 0.5) is 0 Å². The smallest absolute Gasteiger partial charge is 0.151 e. The standard InChI is InChI=1S/C13H27NO3S/c1-3-9-18(16,17)10-8-14(2)13-6-4-12(11-15)5-7-13/h12-13,15H,3-11H2,1-2H3. The van der Waals surface area contributed by atoms with Gasteiger partial charge < -0.3 is 10.0 Å². The van der Waals surface area contributed by atoms with E-state index < -0.39 is 9.84 Å². The number of nitrogens with zero attached hydrogens (tertiary/aromatic N) is 1. The molecule has 1 aliphatic rings. The van der Waals surface area contributed by atoms with Gasteiger partial charge in [-0.05, 0) is 45.1 Å². The maximum absolute atomic E-state index is 11.7. The van der Waals surface area contributed by atoms with Crippen molar-refractivity contribution in [2.75, 3.05) is 31.7 Å². The molecule has 0 unspecified atom stereocenters. The normalized spacial score (nSPS) is 25.6. The van der Waals surface area contributed by atoms with Crippen molar-refractivity contribution in [3.05, 3.63) is 0 Å². The van der Waals surface area contributed by atoms with Gasteiger partial charge in [-0.25, -0.2) is 8.42 Å². The first-order valence-corrected chi connectivity index (χ1v) is 8.82. The van der Waals surface area contributed by atoms with Gasteiger partial charge in [-0.1, -0.05) is 6.92 Å². The van der Waals surface area contributed by atoms with Crippen molar-refractivity contribution in [1.82, 2.24) is 4.90 Å². The summed E-state index contributed by atoms with van der Waals surface area (Å²) in [5.74, 6) is 1.04. The Morgan fingerprint density at radius 1 is 1.17 bits per heavy atom. The summed E-state index contributed by atoms with van der Waals surface area (Å²) in [5, 5.41) is 9.09. The zero-order chi connectivity index (χ0) is 13.6. The fraction of sp³-hybridized carbons (Fsp3) is 1.00. The Balaban J connectivity index is 2.31. The third-order valence-corrected chi connectivity index (χ3v) is 5.80. The van der Waals surface area contributed by atoms with Crippen LogP contribution in [0.15, 0.2) is 0 Å². The van der Waals surface area contributed by atoms with E-state index in [1.54, 1.807) is 0 Å². The lowest BCUT2D eigenvalue weighted by Gasteiger charge is -2.34. The molecule has 18 heavy (non-hydrogen) atoms. The molecule has 108 valence electrons. The maximum Gasteiger partial charge on any atom is 0.151 e. The average molecular weight is 277 g/mol. The van der Waals surface area contributed by atoms with Gasteiger partial charge >= 0.3 is 0 Å². The van der Waals surface area contributed by atoms with Crippen molar-refractivity contribution in [2.45, 2.75) is 45.1 Å².